The van der Waals surface area contributed by atoms with Gasteiger partial charge in [-0.15, -0.1) is 0 Å². The molecule has 3 heterocycles. The van der Waals surface area contributed by atoms with Crippen LogP contribution < -0.4 is 0 Å². The standard InChI is InChI=1S/C20H26N4O.C2HF3O2/c1-16-19-21-18(20(25)22-10-6-3-7-11-22)15-24(19)13-12-23(16)14-17-8-4-2-5-9-17;3-2(4,5)1(6)7/h2,4-5,8-9,15-16H,3,6-7,10-14H2,1H3;(H,6,7). The van der Waals surface area contributed by atoms with Crippen molar-refractivity contribution in [3.05, 3.63) is 53.6 Å². The number of likely N-dealkylation sites (tertiary alicyclic amines) is 1. The highest BCUT2D eigenvalue weighted by Crippen LogP contribution is 2.27. The fourth-order valence-electron chi connectivity index (χ4n) is 3.93. The molecule has 0 bridgehead atoms. The van der Waals surface area contributed by atoms with E-state index in [9.17, 15) is 18.0 Å². The first-order valence-electron chi connectivity index (χ1n) is 10.6. The van der Waals surface area contributed by atoms with Crippen LogP contribution in [0.15, 0.2) is 36.5 Å². The maximum absolute atomic E-state index is 12.7. The van der Waals surface area contributed by atoms with Crippen LogP contribution in [0.3, 0.4) is 0 Å². The maximum Gasteiger partial charge on any atom is 0.490 e. The van der Waals surface area contributed by atoms with Gasteiger partial charge in [0.05, 0.1) is 6.04 Å². The highest BCUT2D eigenvalue weighted by molar-refractivity contribution is 5.92. The Morgan fingerprint density at radius 1 is 1.06 bits per heavy atom. The van der Waals surface area contributed by atoms with Crippen molar-refractivity contribution in [1.29, 1.82) is 0 Å². The number of aromatic nitrogens is 2. The molecule has 0 aliphatic carbocycles. The van der Waals surface area contributed by atoms with Gasteiger partial charge in [-0.25, -0.2) is 9.78 Å². The Labute approximate surface area is 184 Å². The number of carboxylic acid groups (broad SMARTS) is 1. The molecule has 10 heteroatoms. The molecule has 2 aliphatic rings. The normalized spacial score (nSPS) is 19.0. The molecule has 1 atom stereocenters. The summed E-state index contributed by atoms with van der Waals surface area (Å²) in [5.41, 5.74) is 1.93. The second-order valence-corrected chi connectivity index (χ2v) is 7.97. The first kappa shape index (κ1) is 23.8. The summed E-state index contributed by atoms with van der Waals surface area (Å²) in [5, 5.41) is 7.12. The summed E-state index contributed by atoms with van der Waals surface area (Å²) in [4.78, 5) is 30.8. The van der Waals surface area contributed by atoms with Gasteiger partial charge in [-0.2, -0.15) is 13.2 Å². The van der Waals surface area contributed by atoms with E-state index in [2.05, 4.69) is 40.7 Å². The highest BCUT2D eigenvalue weighted by Gasteiger charge is 2.38. The molecule has 0 saturated carbocycles. The number of carbonyl (C=O) groups excluding carboxylic acids is 1. The third-order valence-corrected chi connectivity index (χ3v) is 5.69. The first-order chi connectivity index (χ1) is 15.2. The van der Waals surface area contributed by atoms with Crippen LogP contribution >= 0.6 is 0 Å². The number of aliphatic carboxylic acids is 1. The molecule has 1 aromatic carbocycles. The number of carbonyl (C=O) groups is 2. The first-order valence-corrected chi connectivity index (χ1v) is 10.6. The van der Waals surface area contributed by atoms with Crippen molar-refractivity contribution < 1.29 is 27.9 Å². The lowest BCUT2D eigenvalue weighted by molar-refractivity contribution is -0.192. The number of nitrogens with zero attached hydrogens (tertiary/aromatic N) is 4. The third kappa shape index (κ3) is 5.87. The van der Waals surface area contributed by atoms with Crippen LogP contribution in [0.2, 0.25) is 0 Å². The molecule has 174 valence electrons. The van der Waals surface area contributed by atoms with Gasteiger partial charge in [0.15, 0.2) is 0 Å². The van der Waals surface area contributed by atoms with Crippen LogP contribution in [0.5, 0.6) is 0 Å². The van der Waals surface area contributed by atoms with Crippen molar-refractivity contribution in [2.45, 2.75) is 51.5 Å². The molecule has 1 fully saturated rings. The maximum atomic E-state index is 12.7. The number of halogens is 3. The van der Waals surface area contributed by atoms with E-state index >= 15 is 0 Å². The highest BCUT2D eigenvalue weighted by atomic mass is 19.4. The summed E-state index contributed by atoms with van der Waals surface area (Å²) in [6, 6.07) is 10.8. The van der Waals surface area contributed by atoms with E-state index in [0.717, 1.165) is 51.4 Å². The predicted molar refractivity (Wildman–Crippen MR) is 111 cm³/mol. The monoisotopic (exact) mass is 452 g/mol. The smallest absolute Gasteiger partial charge is 0.475 e. The molecule has 32 heavy (non-hydrogen) atoms. The lowest BCUT2D eigenvalue weighted by Crippen LogP contribution is -2.36. The molecule has 1 aromatic heterocycles. The number of fused-ring (bicyclic) bond motifs is 1. The summed E-state index contributed by atoms with van der Waals surface area (Å²) >= 11 is 0. The molecule has 7 nitrogen and oxygen atoms in total. The largest absolute Gasteiger partial charge is 0.490 e. The zero-order valence-corrected chi connectivity index (χ0v) is 17.9. The fraction of sp³-hybridized carbons (Fsp3) is 0.500. The van der Waals surface area contributed by atoms with E-state index in [0.29, 0.717) is 5.69 Å². The number of hydrogen-bond donors (Lipinski definition) is 1. The molecule has 1 N–H and O–H groups in total. The van der Waals surface area contributed by atoms with Crippen LogP contribution in [0, 0.1) is 0 Å². The molecule has 0 spiro atoms. The Morgan fingerprint density at radius 2 is 1.69 bits per heavy atom. The van der Waals surface area contributed by atoms with Gasteiger partial charge in [0.1, 0.15) is 11.5 Å². The van der Waals surface area contributed by atoms with Gasteiger partial charge in [0.25, 0.3) is 5.91 Å². The van der Waals surface area contributed by atoms with Crippen molar-refractivity contribution >= 4 is 11.9 Å². The number of rotatable bonds is 3. The molecule has 4 rings (SSSR count). The van der Waals surface area contributed by atoms with Crippen molar-refractivity contribution in [3.8, 4) is 0 Å². The van der Waals surface area contributed by atoms with Gasteiger partial charge in [-0.05, 0) is 31.7 Å². The third-order valence-electron chi connectivity index (χ3n) is 5.69. The number of benzene rings is 1. The molecule has 1 saturated heterocycles. The average Bonchev–Trinajstić information content (AvgIpc) is 3.21. The molecule has 1 amide bonds. The number of hydrogen-bond acceptors (Lipinski definition) is 4. The summed E-state index contributed by atoms with van der Waals surface area (Å²) in [5.74, 6) is -1.64. The van der Waals surface area contributed by atoms with Gasteiger partial charge in [-0.3, -0.25) is 9.69 Å². The Balaban J connectivity index is 0.000000360. The number of alkyl halides is 3. The van der Waals surface area contributed by atoms with Crippen molar-refractivity contribution in [2.24, 2.45) is 0 Å². The predicted octanol–water partition coefficient (Wildman–Crippen LogP) is 3.72. The molecular formula is C22H27F3N4O3. The second-order valence-electron chi connectivity index (χ2n) is 7.97. The van der Waals surface area contributed by atoms with E-state index in [-0.39, 0.29) is 11.9 Å². The van der Waals surface area contributed by atoms with Crippen molar-refractivity contribution in [3.63, 3.8) is 0 Å². The Bertz CT molecular complexity index is 924. The zero-order chi connectivity index (χ0) is 23.3. The Kier molecular flexibility index (Phi) is 7.55. The molecule has 1 unspecified atom stereocenters. The van der Waals surface area contributed by atoms with Crippen LogP contribution in [0.25, 0.3) is 0 Å². The van der Waals surface area contributed by atoms with Gasteiger partial charge in [0, 0.05) is 38.9 Å². The number of amides is 1. The lowest BCUT2D eigenvalue weighted by Gasteiger charge is -2.33. The van der Waals surface area contributed by atoms with Crippen LogP contribution in [0.1, 0.15) is 54.1 Å². The number of piperidine rings is 1. The van der Waals surface area contributed by atoms with Crippen LogP contribution in [0.4, 0.5) is 13.2 Å². The van der Waals surface area contributed by atoms with Crippen LogP contribution in [-0.4, -0.2) is 62.1 Å². The number of imidazole rings is 1. The molecular weight excluding hydrogens is 425 g/mol. The summed E-state index contributed by atoms with van der Waals surface area (Å²) in [6.45, 7) is 6.73. The topological polar surface area (TPSA) is 78.7 Å². The SMILES string of the molecule is CC1c2nc(C(=O)N3CCCCC3)cn2CCN1Cc1ccccc1.O=C(O)C(F)(F)F. The summed E-state index contributed by atoms with van der Waals surface area (Å²) in [6.07, 6.45) is 0.332. The van der Waals surface area contributed by atoms with Gasteiger partial charge in [-0.1, -0.05) is 30.3 Å². The van der Waals surface area contributed by atoms with E-state index < -0.39 is 12.1 Å². The molecule has 2 aliphatic heterocycles. The van der Waals surface area contributed by atoms with Gasteiger partial charge < -0.3 is 14.6 Å². The van der Waals surface area contributed by atoms with E-state index in [4.69, 9.17) is 14.9 Å². The summed E-state index contributed by atoms with van der Waals surface area (Å²) in [7, 11) is 0. The summed E-state index contributed by atoms with van der Waals surface area (Å²) < 4.78 is 33.9. The van der Waals surface area contributed by atoms with E-state index in [1.807, 2.05) is 17.2 Å². The van der Waals surface area contributed by atoms with Crippen LogP contribution in [-0.2, 0) is 17.9 Å². The molecule has 2 aromatic rings. The average molecular weight is 452 g/mol. The van der Waals surface area contributed by atoms with Crippen molar-refractivity contribution in [2.75, 3.05) is 19.6 Å². The zero-order valence-electron chi connectivity index (χ0n) is 17.9. The van der Waals surface area contributed by atoms with E-state index in [1.54, 1.807) is 0 Å². The Morgan fingerprint density at radius 3 is 2.28 bits per heavy atom. The quantitative estimate of drug-likeness (QED) is 0.768. The lowest BCUT2D eigenvalue weighted by atomic mass is 10.1. The number of carboxylic acids is 1. The van der Waals surface area contributed by atoms with Gasteiger partial charge in [0.2, 0.25) is 0 Å². The molecule has 0 radical (unpaired) electrons. The van der Waals surface area contributed by atoms with Gasteiger partial charge >= 0.3 is 12.1 Å². The Hall–Kier alpha value is -2.88. The fourth-order valence-corrected chi connectivity index (χ4v) is 3.93. The van der Waals surface area contributed by atoms with Crippen molar-refractivity contribution in [1.82, 2.24) is 19.4 Å². The minimum absolute atomic E-state index is 0.100. The minimum atomic E-state index is -5.08. The minimum Gasteiger partial charge on any atom is -0.475 e. The van der Waals surface area contributed by atoms with E-state index in [1.165, 1.54) is 12.0 Å². The second kappa shape index (κ2) is 10.2.